The van der Waals surface area contributed by atoms with E-state index in [1.165, 1.54) is 6.07 Å². The van der Waals surface area contributed by atoms with Crippen molar-refractivity contribution in [3.63, 3.8) is 0 Å². The van der Waals surface area contributed by atoms with Gasteiger partial charge in [0.25, 0.3) is 11.5 Å². The summed E-state index contributed by atoms with van der Waals surface area (Å²) in [4.78, 5) is 54.2. The molecular weight excluding hydrogens is 372 g/mol. The van der Waals surface area contributed by atoms with Crippen LogP contribution in [0.3, 0.4) is 0 Å². The number of carbonyl (C=O) groups is 2. The summed E-state index contributed by atoms with van der Waals surface area (Å²) in [5.74, 6) is 0.0937. The lowest BCUT2D eigenvalue weighted by atomic mass is 10.1. The third kappa shape index (κ3) is 3.71. The van der Waals surface area contributed by atoms with E-state index in [1.807, 2.05) is 4.90 Å². The number of aromatic nitrogens is 2. The summed E-state index contributed by atoms with van der Waals surface area (Å²) < 4.78 is 1.12. The minimum Gasteiger partial charge on any atom is -0.347 e. The molecule has 29 heavy (non-hydrogen) atoms. The lowest BCUT2D eigenvalue weighted by Crippen LogP contribution is -2.40. The van der Waals surface area contributed by atoms with Gasteiger partial charge >= 0.3 is 5.69 Å². The van der Waals surface area contributed by atoms with Gasteiger partial charge in [-0.25, -0.2) is 4.79 Å². The van der Waals surface area contributed by atoms with Crippen LogP contribution in [0.15, 0.2) is 27.8 Å². The number of fused-ring (bicyclic) bond motifs is 1. The summed E-state index contributed by atoms with van der Waals surface area (Å²) in [7, 11) is 0. The molecule has 2 aliphatic rings. The lowest BCUT2D eigenvalue weighted by Gasteiger charge is -2.20. The van der Waals surface area contributed by atoms with E-state index in [-0.39, 0.29) is 35.9 Å². The van der Waals surface area contributed by atoms with Crippen molar-refractivity contribution in [2.75, 3.05) is 13.1 Å². The molecular formula is C21H26N4O4. The van der Waals surface area contributed by atoms with Crippen LogP contribution in [0.1, 0.15) is 49.4 Å². The van der Waals surface area contributed by atoms with Crippen LogP contribution in [-0.4, -0.2) is 45.4 Å². The number of benzene rings is 1. The van der Waals surface area contributed by atoms with Gasteiger partial charge < -0.3 is 15.2 Å². The van der Waals surface area contributed by atoms with Crippen LogP contribution in [0, 0.1) is 5.92 Å². The van der Waals surface area contributed by atoms with E-state index in [4.69, 9.17) is 0 Å². The highest BCUT2D eigenvalue weighted by molar-refractivity contribution is 5.97. The Morgan fingerprint density at radius 2 is 1.93 bits per heavy atom. The Balaban J connectivity index is 1.46. The second-order valence-corrected chi connectivity index (χ2v) is 7.96. The highest BCUT2D eigenvalue weighted by atomic mass is 16.2. The first-order valence-corrected chi connectivity index (χ1v) is 10.3. The van der Waals surface area contributed by atoms with Gasteiger partial charge in [0.05, 0.1) is 10.9 Å². The Hall–Kier alpha value is -2.90. The standard InChI is InChI=1S/C21H26N4O4/c1-2-25-20(28)16-8-7-14(11-17(16)23-21(25)29)18(26)22-15-9-10-24(12-15)19(27)13-5-3-4-6-13/h7-8,11,13,15H,2-6,9-10,12H2,1H3,(H,22,26)(H,23,29). The molecule has 1 aliphatic carbocycles. The van der Waals surface area contributed by atoms with E-state index in [9.17, 15) is 19.2 Å². The predicted molar refractivity (Wildman–Crippen MR) is 109 cm³/mol. The molecule has 2 amide bonds. The molecule has 2 fully saturated rings. The Labute approximate surface area is 167 Å². The summed E-state index contributed by atoms with van der Waals surface area (Å²) in [6.07, 6.45) is 4.92. The minimum absolute atomic E-state index is 0.0873. The molecule has 0 bridgehead atoms. The van der Waals surface area contributed by atoms with E-state index >= 15 is 0 Å². The molecule has 2 N–H and O–H groups in total. The number of nitrogens with one attached hydrogen (secondary N) is 2. The quantitative estimate of drug-likeness (QED) is 0.808. The van der Waals surface area contributed by atoms with Crippen LogP contribution in [0.5, 0.6) is 0 Å². The fourth-order valence-electron chi connectivity index (χ4n) is 4.46. The van der Waals surface area contributed by atoms with Crippen molar-refractivity contribution < 1.29 is 9.59 Å². The van der Waals surface area contributed by atoms with E-state index < -0.39 is 5.69 Å². The monoisotopic (exact) mass is 398 g/mol. The zero-order valence-corrected chi connectivity index (χ0v) is 16.6. The van der Waals surface area contributed by atoms with E-state index in [0.29, 0.717) is 29.6 Å². The van der Waals surface area contributed by atoms with Crippen LogP contribution >= 0.6 is 0 Å². The maximum atomic E-state index is 12.7. The molecule has 1 unspecified atom stereocenters. The summed E-state index contributed by atoms with van der Waals surface area (Å²) in [5.41, 5.74) is -0.126. The van der Waals surface area contributed by atoms with Gasteiger partial charge in [-0.1, -0.05) is 12.8 Å². The van der Waals surface area contributed by atoms with Crippen molar-refractivity contribution in [2.45, 2.75) is 51.6 Å². The van der Waals surface area contributed by atoms with Gasteiger partial charge in [-0.2, -0.15) is 0 Å². The third-order valence-corrected chi connectivity index (χ3v) is 6.10. The van der Waals surface area contributed by atoms with Gasteiger partial charge in [0, 0.05) is 37.2 Å². The maximum Gasteiger partial charge on any atom is 0.328 e. The van der Waals surface area contributed by atoms with Gasteiger partial charge in [-0.3, -0.25) is 19.0 Å². The van der Waals surface area contributed by atoms with Crippen molar-refractivity contribution in [3.8, 4) is 0 Å². The fraction of sp³-hybridized carbons (Fsp3) is 0.524. The van der Waals surface area contributed by atoms with Gasteiger partial charge in [-0.05, 0) is 44.4 Å². The summed E-state index contributed by atoms with van der Waals surface area (Å²) in [6.45, 7) is 3.21. The Morgan fingerprint density at radius 3 is 2.66 bits per heavy atom. The zero-order chi connectivity index (χ0) is 20.5. The molecule has 0 spiro atoms. The number of hydrogen-bond acceptors (Lipinski definition) is 4. The van der Waals surface area contributed by atoms with E-state index in [2.05, 4.69) is 10.3 Å². The molecule has 1 aliphatic heterocycles. The number of likely N-dealkylation sites (tertiary alicyclic amines) is 1. The molecule has 154 valence electrons. The predicted octanol–water partition coefficient (Wildman–Crippen LogP) is 1.23. The summed E-state index contributed by atoms with van der Waals surface area (Å²) in [6, 6.07) is 4.60. The minimum atomic E-state index is -0.487. The summed E-state index contributed by atoms with van der Waals surface area (Å²) >= 11 is 0. The van der Waals surface area contributed by atoms with Crippen LogP contribution < -0.4 is 16.6 Å². The van der Waals surface area contributed by atoms with Crippen LogP contribution in [-0.2, 0) is 11.3 Å². The van der Waals surface area contributed by atoms with Crippen LogP contribution in [0.4, 0.5) is 0 Å². The number of nitrogens with zero attached hydrogens (tertiary/aromatic N) is 2. The molecule has 4 rings (SSSR count). The van der Waals surface area contributed by atoms with E-state index in [0.717, 1.165) is 36.7 Å². The number of H-pyrrole nitrogens is 1. The second-order valence-electron chi connectivity index (χ2n) is 7.96. The number of aromatic amines is 1. The molecule has 1 saturated carbocycles. The van der Waals surface area contributed by atoms with E-state index in [1.54, 1.807) is 19.1 Å². The SMILES string of the molecule is CCn1c(=O)[nH]c2cc(C(=O)NC3CCN(C(=O)C4CCCC4)C3)ccc2c1=O. The maximum absolute atomic E-state index is 12.7. The van der Waals surface area contributed by atoms with Gasteiger partial charge in [0.1, 0.15) is 0 Å². The molecule has 8 nitrogen and oxygen atoms in total. The van der Waals surface area contributed by atoms with Crippen molar-refractivity contribution in [1.82, 2.24) is 19.8 Å². The smallest absolute Gasteiger partial charge is 0.328 e. The van der Waals surface area contributed by atoms with Crippen molar-refractivity contribution in [1.29, 1.82) is 0 Å². The van der Waals surface area contributed by atoms with Gasteiger partial charge in [0.2, 0.25) is 5.91 Å². The Morgan fingerprint density at radius 1 is 1.17 bits per heavy atom. The first-order chi connectivity index (χ1) is 14.0. The number of carbonyl (C=O) groups excluding carboxylic acids is 2. The first-order valence-electron chi connectivity index (χ1n) is 10.3. The van der Waals surface area contributed by atoms with Crippen LogP contribution in [0.25, 0.3) is 10.9 Å². The van der Waals surface area contributed by atoms with Gasteiger partial charge in [0.15, 0.2) is 0 Å². The number of hydrogen-bond donors (Lipinski definition) is 2. The molecule has 1 saturated heterocycles. The molecule has 1 aromatic carbocycles. The molecule has 0 radical (unpaired) electrons. The highest BCUT2D eigenvalue weighted by Gasteiger charge is 2.32. The summed E-state index contributed by atoms with van der Waals surface area (Å²) in [5, 5.41) is 3.35. The number of amides is 2. The van der Waals surface area contributed by atoms with Crippen LogP contribution in [0.2, 0.25) is 0 Å². The highest BCUT2D eigenvalue weighted by Crippen LogP contribution is 2.27. The van der Waals surface area contributed by atoms with Gasteiger partial charge in [-0.15, -0.1) is 0 Å². The van der Waals surface area contributed by atoms with Crippen molar-refractivity contribution in [3.05, 3.63) is 44.6 Å². The molecule has 2 heterocycles. The zero-order valence-electron chi connectivity index (χ0n) is 16.6. The third-order valence-electron chi connectivity index (χ3n) is 6.10. The Bertz CT molecular complexity index is 1060. The first kappa shape index (κ1) is 19.4. The lowest BCUT2D eigenvalue weighted by molar-refractivity contribution is -0.134. The Kier molecular flexibility index (Phi) is 5.25. The molecule has 1 atom stereocenters. The average molecular weight is 398 g/mol. The average Bonchev–Trinajstić information content (AvgIpc) is 3.39. The molecule has 2 aromatic rings. The number of rotatable bonds is 4. The largest absolute Gasteiger partial charge is 0.347 e. The molecule has 8 heteroatoms. The fourth-order valence-corrected chi connectivity index (χ4v) is 4.46. The van der Waals surface area contributed by atoms with Crippen molar-refractivity contribution >= 4 is 22.7 Å². The normalized spacial score (nSPS) is 19.8. The van der Waals surface area contributed by atoms with Crippen molar-refractivity contribution in [2.24, 2.45) is 5.92 Å². The topological polar surface area (TPSA) is 104 Å². The molecule has 1 aromatic heterocycles. The second kappa shape index (κ2) is 7.85.